The Kier molecular flexibility index (Phi) is 7.99. The van der Waals surface area contributed by atoms with Gasteiger partial charge >= 0.3 is 5.97 Å². The number of nitrogens with one attached hydrogen (secondary N) is 2. The zero-order valence-electron chi connectivity index (χ0n) is 13.5. The largest absolute Gasteiger partial charge is 0.480 e. The summed E-state index contributed by atoms with van der Waals surface area (Å²) in [6.45, 7) is 4.17. The third-order valence-corrected chi connectivity index (χ3v) is 3.67. The van der Waals surface area contributed by atoms with E-state index in [9.17, 15) is 9.59 Å². The number of amides is 1. The molecule has 0 aliphatic carbocycles. The van der Waals surface area contributed by atoms with Gasteiger partial charge in [-0.25, -0.2) is 4.79 Å². The van der Waals surface area contributed by atoms with Crippen molar-refractivity contribution in [2.75, 3.05) is 0 Å². The van der Waals surface area contributed by atoms with E-state index in [4.69, 9.17) is 10.4 Å². The van der Waals surface area contributed by atoms with Gasteiger partial charge < -0.3 is 15.7 Å². The highest BCUT2D eigenvalue weighted by Crippen LogP contribution is 2.10. The van der Waals surface area contributed by atoms with Crippen molar-refractivity contribution in [3.63, 3.8) is 0 Å². The van der Waals surface area contributed by atoms with E-state index in [1.54, 1.807) is 6.07 Å². The van der Waals surface area contributed by atoms with Crippen molar-refractivity contribution >= 4 is 27.8 Å². The minimum absolute atomic E-state index is 0.108. The van der Waals surface area contributed by atoms with Gasteiger partial charge in [0.25, 0.3) is 5.91 Å². The highest BCUT2D eigenvalue weighted by molar-refractivity contribution is 9.10. The summed E-state index contributed by atoms with van der Waals surface area (Å²) in [6.07, 6.45) is 1.60. The normalized spacial score (nSPS) is 12.4. The first kappa shape index (κ1) is 19.7. The van der Waals surface area contributed by atoms with Crippen LogP contribution in [0.1, 0.15) is 25.8 Å². The highest BCUT2D eigenvalue weighted by atomic mass is 79.9. The molecule has 0 bridgehead atoms. The summed E-state index contributed by atoms with van der Waals surface area (Å²) >= 11 is 3.34. The number of carboxylic acids is 1. The zero-order valence-corrected chi connectivity index (χ0v) is 15.1. The monoisotopic (exact) mass is 393 g/mol. The molecule has 0 aliphatic rings. The van der Waals surface area contributed by atoms with Gasteiger partial charge in [0.2, 0.25) is 0 Å². The van der Waals surface area contributed by atoms with E-state index in [2.05, 4.69) is 26.6 Å². The molecule has 3 N–H and O–H groups in total. The van der Waals surface area contributed by atoms with E-state index in [1.165, 1.54) is 6.20 Å². The number of rotatable bonds is 8. The summed E-state index contributed by atoms with van der Waals surface area (Å²) in [6, 6.07) is 8.36. The lowest BCUT2D eigenvalue weighted by Gasteiger charge is -2.16. The van der Waals surface area contributed by atoms with Crippen molar-refractivity contribution in [1.82, 2.24) is 10.6 Å². The van der Waals surface area contributed by atoms with E-state index in [0.717, 1.165) is 10.0 Å². The maximum Gasteiger partial charge on any atom is 0.326 e. The molecule has 7 heteroatoms. The SMILES string of the molecule is CC(C)CC(NC(=O)/C(C#N)=C\NCc1ccc(Br)cc1)C(=O)O. The number of nitrogens with zero attached hydrogens (tertiary/aromatic N) is 1. The third kappa shape index (κ3) is 6.84. The van der Waals surface area contributed by atoms with Gasteiger partial charge in [-0.2, -0.15) is 5.26 Å². The minimum atomic E-state index is -1.11. The number of hydrogen-bond acceptors (Lipinski definition) is 4. The molecule has 0 aromatic heterocycles. The van der Waals surface area contributed by atoms with Gasteiger partial charge in [0.05, 0.1) is 0 Å². The molecule has 0 saturated heterocycles. The Morgan fingerprint density at radius 3 is 2.46 bits per heavy atom. The lowest BCUT2D eigenvalue weighted by molar-refractivity contribution is -0.141. The second-order valence-corrected chi connectivity index (χ2v) is 6.59. The van der Waals surface area contributed by atoms with Crippen LogP contribution in [0.15, 0.2) is 40.5 Å². The van der Waals surface area contributed by atoms with Crippen LogP contribution in [0.3, 0.4) is 0 Å². The number of halogens is 1. The van der Waals surface area contributed by atoms with Gasteiger partial charge in [0.1, 0.15) is 17.7 Å². The number of carbonyl (C=O) groups excluding carboxylic acids is 1. The number of benzene rings is 1. The molecule has 6 nitrogen and oxygen atoms in total. The smallest absolute Gasteiger partial charge is 0.326 e. The topological polar surface area (TPSA) is 102 Å². The van der Waals surface area contributed by atoms with Crippen LogP contribution in [0.4, 0.5) is 0 Å². The molecule has 1 aromatic rings. The number of hydrogen-bond donors (Lipinski definition) is 3. The van der Waals surface area contributed by atoms with Gasteiger partial charge in [-0.3, -0.25) is 4.79 Å². The molecule has 1 unspecified atom stereocenters. The van der Waals surface area contributed by atoms with Gasteiger partial charge in [0, 0.05) is 17.2 Å². The average molecular weight is 394 g/mol. The van der Waals surface area contributed by atoms with Crippen molar-refractivity contribution in [2.45, 2.75) is 32.9 Å². The standard InChI is InChI=1S/C17H20BrN3O3/c1-11(2)7-15(17(23)24)21-16(22)13(8-19)10-20-9-12-3-5-14(18)6-4-12/h3-6,10-11,15,20H,7,9H2,1-2H3,(H,21,22)(H,23,24)/b13-10-. The fourth-order valence-electron chi connectivity index (χ4n) is 1.95. The predicted octanol–water partition coefficient (Wildman–Crippen LogP) is 2.56. The van der Waals surface area contributed by atoms with E-state index < -0.39 is 17.9 Å². The summed E-state index contributed by atoms with van der Waals surface area (Å²) < 4.78 is 0.962. The van der Waals surface area contributed by atoms with E-state index >= 15 is 0 Å². The van der Waals surface area contributed by atoms with Crippen LogP contribution in [0.2, 0.25) is 0 Å². The molecule has 0 aliphatic heterocycles. The van der Waals surface area contributed by atoms with Crippen LogP contribution in [-0.4, -0.2) is 23.0 Å². The molecule has 0 heterocycles. The summed E-state index contributed by atoms with van der Waals surface area (Å²) in [5, 5.41) is 23.5. The first-order chi connectivity index (χ1) is 11.3. The highest BCUT2D eigenvalue weighted by Gasteiger charge is 2.22. The molecule has 0 radical (unpaired) electrons. The summed E-state index contributed by atoms with van der Waals surface area (Å²) in [7, 11) is 0. The van der Waals surface area contributed by atoms with Crippen LogP contribution in [0.5, 0.6) is 0 Å². The number of aliphatic carboxylic acids is 1. The first-order valence-corrected chi connectivity index (χ1v) is 8.24. The van der Waals surface area contributed by atoms with Gasteiger partial charge in [0.15, 0.2) is 0 Å². The van der Waals surface area contributed by atoms with E-state index in [0.29, 0.717) is 13.0 Å². The minimum Gasteiger partial charge on any atom is -0.480 e. The average Bonchev–Trinajstić information content (AvgIpc) is 2.52. The molecule has 0 saturated carbocycles. The van der Waals surface area contributed by atoms with Crippen LogP contribution in [0.25, 0.3) is 0 Å². The maximum absolute atomic E-state index is 12.0. The van der Waals surface area contributed by atoms with E-state index in [1.807, 2.05) is 38.1 Å². The van der Waals surface area contributed by atoms with Crippen LogP contribution >= 0.6 is 15.9 Å². The maximum atomic E-state index is 12.0. The lowest BCUT2D eigenvalue weighted by atomic mass is 10.0. The summed E-state index contributed by atoms with van der Waals surface area (Å²) in [5.41, 5.74) is 0.817. The molecule has 0 spiro atoms. The molecule has 0 fully saturated rings. The quantitative estimate of drug-likeness (QED) is 0.465. The molecule has 128 valence electrons. The van der Waals surface area contributed by atoms with Gasteiger partial charge in [-0.15, -0.1) is 0 Å². The molecule has 1 amide bonds. The first-order valence-electron chi connectivity index (χ1n) is 7.45. The number of carbonyl (C=O) groups is 2. The Morgan fingerprint density at radius 2 is 1.96 bits per heavy atom. The third-order valence-electron chi connectivity index (χ3n) is 3.14. The molecule has 1 rings (SSSR count). The Bertz CT molecular complexity index is 648. The van der Waals surface area contributed by atoms with Crippen molar-refractivity contribution < 1.29 is 14.7 Å². The fraction of sp³-hybridized carbons (Fsp3) is 0.353. The van der Waals surface area contributed by atoms with Crippen molar-refractivity contribution in [1.29, 1.82) is 5.26 Å². The summed E-state index contributed by atoms with van der Waals surface area (Å²) in [4.78, 5) is 23.2. The predicted molar refractivity (Wildman–Crippen MR) is 93.7 cm³/mol. The second-order valence-electron chi connectivity index (χ2n) is 5.67. The van der Waals surface area contributed by atoms with Crippen molar-refractivity contribution in [3.8, 4) is 6.07 Å². The fourth-order valence-corrected chi connectivity index (χ4v) is 2.22. The molecular weight excluding hydrogens is 374 g/mol. The second kappa shape index (κ2) is 9.73. The zero-order chi connectivity index (χ0) is 18.1. The molecule has 24 heavy (non-hydrogen) atoms. The number of nitriles is 1. The van der Waals surface area contributed by atoms with Crippen LogP contribution in [-0.2, 0) is 16.1 Å². The van der Waals surface area contributed by atoms with Crippen molar-refractivity contribution in [2.24, 2.45) is 5.92 Å². The number of carboxylic acid groups (broad SMARTS) is 1. The van der Waals surface area contributed by atoms with Crippen LogP contribution in [0, 0.1) is 17.2 Å². The van der Waals surface area contributed by atoms with Gasteiger partial charge in [-0.1, -0.05) is 41.9 Å². The lowest BCUT2D eigenvalue weighted by Crippen LogP contribution is -2.42. The van der Waals surface area contributed by atoms with E-state index in [-0.39, 0.29) is 11.5 Å². The van der Waals surface area contributed by atoms with Gasteiger partial charge in [-0.05, 0) is 30.0 Å². The summed E-state index contributed by atoms with van der Waals surface area (Å²) in [5.74, 6) is -1.71. The molecule has 1 aromatic carbocycles. The van der Waals surface area contributed by atoms with Crippen molar-refractivity contribution in [3.05, 3.63) is 46.1 Å². The molecular formula is C17H20BrN3O3. The van der Waals surface area contributed by atoms with Crippen LogP contribution < -0.4 is 10.6 Å². The Labute approximate surface area is 149 Å². The molecule has 1 atom stereocenters. The Morgan fingerprint density at radius 1 is 1.33 bits per heavy atom. The Hall–Kier alpha value is -2.33. The Balaban J connectivity index is 2.66.